The number of hydrogen-bond acceptors (Lipinski definition) is 4. The van der Waals surface area contributed by atoms with Crippen LogP contribution in [0.5, 0.6) is 11.5 Å². The van der Waals surface area contributed by atoms with Crippen molar-refractivity contribution < 1.29 is 14.3 Å². The second-order valence-electron chi connectivity index (χ2n) is 5.32. The van der Waals surface area contributed by atoms with E-state index in [0.29, 0.717) is 25.6 Å². The van der Waals surface area contributed by atoms with Crippen molar-refractivity contribution in [3.05, 3.63) is 23.8 Å². The minimum Gasteiger partial charge on any atom is -0.497 e. The minimum atomic E-state index is 0. The Hall–Kier alpha value is -1.46. The number of carbonyl (C=O) groups excluding carboxylic acids is 1. The van der Waals surface area contributed by atoms with Gasteiger partial charge in [0.05, 0.1) is 14.2 Å². The van der Waals surface area contributed by atoms with Gasteiger partial charge in [-0.25, -0.2) is 0 Å². The van der Waals surface area contributed by atoms with E-state index in [0.717, 1.165) is 36.3 Å². The van der Waals surface area contributed by atoms with Crippen LogP contribution in [0.2, 0.25) is 0 Å². The molecule has 1 aromatic rings. The van der Waals surface area contributed by atoms with Crippen molar-refractivity contribution >= 4 is 18.3 Å². The van der Waals surface area contributed by atoms with Crippen molar-refractivity contribution in [2.75, 3.05) is 20.8 Å². The van der Waals surface area contributed by atoms with Gasteiger partial charge in [0.1, 0.15) is 11.5 Å². The van der Waals surface area contributed by atoms with E-state index >= 15 is 0 Å². The summed E-state index contributed by atoms with van der Waals surface area (Å²) < 4.78 is 10.7. The second kappa shape index (κ2) is 8.86. The fourth-order valence-corrected chi connectivity index (χ4v) is 2.39. The molecular weight excluding hydrogens is 304 g/mol. The number of halogens is 1. The summed E-state index contributed by atoms with van der Waals surface area (Å²) >= 11 is 0. The largest absolute Gasteiger partial charge is 0.497 e. The molecule has 0 aliphatic heterocycles. The number of amides is 1. The normalized spacial score (nSPS) is 13.2. The third kappa shape index (κ3) is 4.78. The van der Waals surface area contributed by atoms with E-state index < -0.39 is 0 Å². The van der Waals surface area contributed by atoms with Gasteiger partial charge in [0.15, 0.2) is 0 Å². The number of nitrogens with zero attached hydrogens (tertiary/aromatic N) is 1. The third-order valence-corrected chi connectivity index (χ3v) is 3.73. The smallest absolute Gasteiger partial charge is 0.223 e. The topological polar surface area (TPSA) is 64.8 Å². The van der Waals surface area contributed by atoms with Crippen LogP contribution in [0, 0.1) is 0 Å². The zero-order valence-corrected chi connectivity index (χ0v) is 14.0. The number of carbonyl (C=O) groups is 1. The minimum absolute atomic E-state index is 0. The van der Waals surface area contributed by atoms with Crippen LogP contribution in [-0.2, 0) is 11.3 Å². The molecule has 1 saturated carbocycles. The maximum absolute atomic E-state index is 12.3. The van der Waals surface area contributed by atoms with Crippen LogP contribution >= 0.6 is 12.4 Å². The molecule has 0 heterocycles. The fraction of sp³-hybridized carbons (Fsp3) is 0.562. The average Bonchev–Trinajstić information content (AvgIpc) is 3.34. The first-order valence-electron chi connectivity index (χ1n) is 7.40. The van der Waals surface area contributed by atoms with E-state index in [4.69, 9.17) is 15.2 Å². The lowest BCUT2D eigenvalue weighted by atomic mass is 10.1. The molecular formula is C16H25ClN2O3. The van der Waals surface area contributed by atoms with Crippen molar-refractivity contribution in [3.63, 3.8) is 0 Å². The van der Waals surface area contributed by atoms with Crippen LogP contribution in [0.25, 0.3) is 0 Å². The molecule has 1 aliphatic carbocycles. The highest BCUT2D eigenvalue weighted by atomic mass is 35.5. The highest BCUT2D eigenvalue weighted by molar-refractivity contribution is 5.85. The summed E-state index contributed by atoms with van der Waals surface area (Å²) in [6.45, 7) is 1.11. The zero-order valence-electron chi connectivity index (χ0n) is 13.2. The number of nitrogens with two attached hydrogens (primary N) is 1. The Bertz CT molecular complexity index is 492. The Morgan fingerprint density at radius 1 is 1.32 bits per heavy atom. The van der Waals surface area contributed by atoms with Gasteiger partial charge in [0.25, 0.3) is 0 Å². The number of hydrogen-bond donors (Lipinski definition) is 1. The lowest BCUT2D eigenvalue weighted by molar-refractivity contribution is -0.132. The Balaban J connectivity index is 0.00000242. The van der Waals surface area contributed by atoms with Crippen LogP contribution in [0.3, 0.4) is 0 Å². The predicted molar refractivity (Wildman–Crippen MR) is 88.7 cm³/mol. The van der Waals surface area contributed by atoms with E-state index in [-0.39, 0.29) is 18.3 Å². The van der Waals surface area contributed by atoms with E-state index in [2.05, 4.69) is 0 Å². The molecule has 1 aromatic carbocycles. The summed E-state index contributed by atoms with van der Waals surface area (Å²) in [5, 5.41) is 0. The lowest BCUT2D eigenvalue weighted by Gasteiger charge is -2.24. The third-order valence-electron chi connectivity index (χ3n) is 3.73. The van der Waals surface area contributed by atoms with E-state index in [1.54, 1.807) is 14.2 Å². The highest BCUT2D eigenvalue weighted by Gasteiger charge is 2.32. The molecule has 2 rings (SSSR count). The fourth-order valence-electron chi connectivity index (χ4n) is 2.39. The molecule has 22 heavy (non-hydrogen) atoms. The molecule has 5 nitrogen and oxygen atoms in total. The van der Waals surface area contributed by atoms with Gasteiger partial charge in [-0.15, -0.1) is 12.4 Å². The molecule has 0 spiro atoms. The molecule has 0 bridgehead atoms. The SMILES string of the molecule is COc1ccc(OC)c(CN(C(=O)CCCN)C2CC2)c1.Cl. The summed E-state index contributed by atoms with van der Waals surface area (Å²) in [5.74, 6) is 1.73. The van der Waals surface area contributed by atoms with Gasteiger partial charge >= 0.3 is 0 Å². The lowest BCUT2D eigenvalue weighted by Crippen LogP contribution is -2.32. The summed E-state index contributed by atoms with van der Waals surface area (Å²) in [6.07, 6.45) is 3.41. The van der Waals surface area contributed by atoms with Crippen LogP contribution in [-0.4, -0.2) is 37.6 Å². The van der Waals surface area contributed by atoms with Crippen molar-refractivity contribution in [2.24, 2.45) is 5.73 Å². The van der Waals surface area contributed by atoms with Crippen molar-refractivity contribution in [1.29, 1.82) is 0 Å². The van der Waals surface area contributed by atoms with Crippen LogP contribution < -0.4 is 15.2 Å². The first-order chi connectivity index (χ1) is 10.2. The van der Waals surface area contributed by atoms with Crippen molar-refractivity contribution in [3.8, 4) is 11.5 Å². The summed E-state index contributed by atoms with van der Waals surface area (Å²) in [5.41, 5.74) is 6.47. The van der Waals surface area contributed by atoms with Gasteiger partial charge in [-0.2, -0.15) is 0 Å². The molecule has 6 heteroatoms. The molecule has 0 atom stereocenters. The molecule has 1 aliphatic rings. The Morgan fingerprint density at radius 3 is 2.59 bits per heavy atom. The molecule has 2 N–H and O–H groups in total. The van der Waals surface area contributed by atoms with Gasteiger partial charge < -0.3 is 20.1 Å². The predicted octanol–water partition coefficient (Wildman–Crippen LogP) is 2.36. The molecule has 124 valence electrons. The molecule has 0 radical (unpaired) electrons. The van der Waals surface area contributed by atoms with Crippen molar-refractivity contribution in [2.45, 2.75) is 38.3 Å². The van der Waals surface area contributed by atoms with Crippen LogP contribution in [0.4, 0.5) is 0 Å². The number of benzene rings is 1. The van der Waals surface area contributed by atoms with E-state index in [9.17, 15) is 4.79 Å². The van der Waals surface area contributed by atoms with Gasteiger partial charge in [0, 0.05) is 24.6 Å². The monoisotopic (exact) mass is 328 g/mol. The van der Waals surface area contributed by atoms with Gasteiger partial charge in [-0.05, 0) is 44.0 Å². The first-order valence-corrected chi connectivity index (χ1v) is 7.40. The van der Waals surface area contributed by atoms with Gasteiger partial charge in [-0.3, -0.25) is 4.79 Å². The second-order valence-corrected chi connectivity index (χ2v) is 5.32. The summed E-state index contributed by atoms with van der Waals surface area (Å²) in [7, 11) is 3.28. The van der Waals surface area contributed by atoms with E-state index in [1.165, 1.54) is 0 Å². The summed E-state index contributed by atoms with van der Waals surface area (Å²) in [6, 6.07) is 6.04. The van der Waals surface area contributed by atoms with Crippen molar-refractivity contribution in [1.82, 2.24) is 4.90 Å². The first kappa shape index (κ1) is 18.6. The highest BCUT2D eigenvalue weighted by Crippen LogP contribution is 2.32. The molecule has 0 saturated heterocycles. The molecule has 0 unspecified atom stereocenters. The quantitative estimate of drug-likeness (QED) is 0.795. The van der Waals surface area contributed by atoms with Crippen LogP contribution in [0.1, 0.15) is 31.2 Å². The average molecular weight is 329 g/mol. The molecule has 1 fully saturated rings. The Labute approximate surface area is 138 Å². The number of rotatable bonds is 8. The van der Waals surface area contributed by atoms with Gasteiger partial charge in [0.2, 0.25) is 5.91 Å². The number of ether oxygens (including phenoxy) is 2. The Kier molecular flexibility index (Phi) is 7.48. The standard InChI is InChI=1S/C16H24N2O3.ClH/c1-20-14-7-8-15(21-2)12(10-14)11-18(13-5-6-13)16(19)4-3-9-17;/h7-8,10,13H,3-6,9,11,17H2,1-2H3;1H. The van der Waals surface area contributed by atoms with E-state index in [1.807, 2.05) is 23.1 Å². The number of methoxy groups -OCH3 is 2. The Morgan fingerprint density at radius 2 is 2.05 bits per heavy atom. The molecule has 1 amide bonds. The summed E-state index contributed by atoms with van der Waals surface area (Å²) in [4.78, 5) is 14.3. The maximum atomic E-state index is 12.3. The molecule has 0 aromatic heterocycles. The van der Waals surface area contributed by atoms with Gasteiger partial charge in [-0.1, -0.05) is 0 Å². The maximum Gasteiger partial charge on any atom is 0.223 e. The van der Waals surface area contributed by atoms with Crippen LogP contribution in [0.15, 0.2) is 18.2 Å². The zero-order chi connectivity index (χ0) is 15.2.